The van der Waals surface area contributed by atoms with Gasteiger partial charge in [-0.2, -0.15) is 0 Å². The summed E-state index contributed by atoms with van der Waals surface area (Å²) in [6.07, 6.45) is -7.73. The van der Waals surface area contributed by atoms with Crippen LogP contribution in [0.1, 0.15) is 127 Å². The van der Waals surface area contributed by atoms with Crippen molar-refractivity contribution in [2.24, 2.45) is 29.4 Å². The molecule has 13 atom stereocenters. The minimum atomic E-state index is -2.04. The van der Waals surface area contributed by atoms with Crippen LogP contribution in [-0.4, -0.2) is 254 Å². The van der Waals surface area contributed by atoms with Crippen molar-refractivity contribution < 1.29 is 115 Å². The number of likely N-dealkylation sites (N-methyl/N-ethyl adjacent to an activating group) is 3. The van der Waals surface area contributed by atoms with Crippen molar-refractivity contribution in [2.75, 3.05) is 59.9 Å². The fourth-order valence-corrected chi connectivity index (χ4v) is 11.8. The highest BCUT2D eigenvalue weighted by Gasteiger charge is 2.48. The SMILES string of the molecule is C=C1C(=O)N[C@@H](C)C(=O)N(C)[C@@H](C)C(=O)N[C@@H]([C@H](OC(=O)[C@@H](NC(=O)CC)[C@H](OC(=O)OCc2ccc(NC(=O)[C@H](CCCNC(N)=O)NC(=O)[C@@H](NC(=O)CCOCCN3C(=O)C=CC3=O)C(C)C)cc2)C(C)C)C(C)C)C(=O)N(C)[C@@H]([C@@H](C)OC)C(=O)O[C@H](C(C)C)[C@H](NC(C)=O)C(=O)O[C@H](Cc2ccccc2)C(=O)N1C. The molecule has 10 N–H and O–H groups in total. The van der Waals surface area contributed by atoms with Crippen LogP contribution in [0.25, 0.3) is 0 Å². The average Bonchev–Trinajstić information content (AvgIpc) is 1.49. The number of primary amides is 1. The Labute approximate surface area is 662 Å². The lowest BCUT2D eigenvalue weighted by Crippen LogP contribution is -2.64. The Morgan fingerprint density at radius 2 is 1.31 bits per heavy atom. The van der Waals surface area contributed by atoms with E-state index >= 15 is 14.4 Å². The first-order valence-corrected chi connectivity index (χ1v) is 37.4. The third-order valence-corrected chi connectivity index (χ3v) is 18.7. The number of nitrogens with two attached hydrogens (primary N) is 1. The number of urea groups is 1. The number of esters is 3. The van der Waals surface area contributed by atoms with Gasteiger partial charge >= 0.3 is 30.1 Å². The second-order valence-electron chi connectivity index (χ2n) is 28.8. The third kappa shape index (κ3) is 28.4. The van der Waals surface area contributed by atoms with Crippen molar-refractivity contribution in [3.8, 4) is 0 Å². The summed E-state index contributed by atoms with van der Waals surface area (Å²) in [4.78, 5) is 238. The van der Waals surface area contributed by atoms with Gasteiger partial charge < -0.3 is 96.1 Å². The van der Waals surface area contributed by atoms with Crippen LogP contribution in [0.5, 0.6) is 0 Å². The van der Waals surface area contributed by atoms with Gasteiger partial charge in [-0.15, -0.1) is 0 Å². The van der Waals surface area contributed by atoms with Crippen molar-refractivity contribution in [2.45, 2.75) is 208 Å². The predicted octanol–water partition coefficient (Wildman–Crippen LogP) is 1.08. The van der Waals surface area contributed by atoms with E-state index in [1.165, 1.54) is 115 Å². The summed E-state index contributed by atoms with van der Waals surface area (Å²) in [5.41, 5.74) is 5.74. The van der Waals surface area contributed by atoms with E-state index in [1.807, 2.05) is 0 Å². The normalized spacial score (nSPS) is 20.7. The minimum Gasteiger partial charge on any atom is -0.458 e. The Morgan fingerprint density at radius 1 is 0.684 bits per heavy atom. The number of benzene rings is 2. The van der Waals surface area contributed by atoms with Gasteiger partial charge in [0.1, 0.15) is 60.8 Å². The van der Waals surface area contributed by atoms with Crippen LogP contribution >= 0.6 is 0 Å². The molecule has 1 saturated heterocycles. The van der Waals surface area contributed by atoms with Crippen molar-refractivity contribution in [3.63, 3.8) is 0 Å². The number of imide groups is 1. The van der Waals surface area contributed by atoms with Crippen molar-refractivity contribution in [1.82, 2.24) is 56.8 Å². The number of ether oxygens (including phenoxy) is 7. The van der Waals surface area contributed by atoms with Gasteiger partial charge in [0, 0.05) is 78.8 Å². The van der Waals surface area contributed by atoms with Crippen LogP contribution in [0.3, 0.4) is 0 Å². The Morgan fingerprint density at radius 3 is 1.87 bits per heavy atom. The highest BCUT2D eigenvalue weighted by molar-refractivity contribution is 6.13. The molecule has 0 aromatic heterocycles. The zero-order valence-corrected chi connectivity index (χ0v) is 67.6. The highest BCUT2D eigenvalue weighted by Crippen LogP contribution is 2.26. The monoisotopic (exact) mass is 1600 g/mol. The van der Waals surface area contributed by atoms with Crippen molar-refractivity contribution in [1.29, 1.82) is 0 Å². The van der Waals surface area contributed by atoms with E-state index in [4.69, 9.17) is 38.9 Å². The van der Waals surface area contributed by atoms with Gasteiger partial charge in [-0.1, -0.05) is 111 Å². The quantitative estimate of drug-likeness (QED) is 0.0159. The molecule has 14 amide bonds. The average molecular weight is 1600 g/mol. The zero-order valence-electron chi connectivity index (χ0n) is 67.6. The fourth-order valence-electron chi connectivity index (χ4n) is 11.8. The van der Waals surface area contributed by atoms with E-state index in [1.54, 1.807) is 44.2 Å². The lowest BCUT2D eigenvalue weighted by Gasteiger charge is -2.39. The van der Waals surface area contributed by atoms with E-state index in [9.17, 15) is 67.1 Å². The first-order valence-electron chi connectivity index (χ1n) is 37.4. The Balaban J connectivity index is 1.67. The van der Waals surface area contributed by atoms with E-state index in [0.29, 0.717) is 11.1 Å². The minimum absolute atomic E-state index is 0.0165. The second kappa shape index (κ2) is 45.4. The van der Waals surface area contributed by atoms with Gasteiger partial charge in [0.2, 0.25) is 47.3 Å². The van der Waals surface area contributed by atoms with E-state index < -0.39 is 216 Å². The number of hydrogen-bond acceptors (Lipinski definition) is 24. The molecular formula is C77H111N13O24. The first kappa shape index (κ1) is 95.0. The number of carbonyl (C=O) groups is 17. The summed E-state index contributed by atoms with van der Waals surface area (Å²) < 4.78 is 40.6. The molecule has 2 aromatic carbocycles. The number of carbonyl (C=O) groups excluding carboxylic acids is 17. The number of amides is 14. The molecule has 0 bridgehead atoms. The van der Waals surface area contributed by atoms with Crippen LogP contribution in [0.2, 0.25) is 0 Å². The topological polar surface area (TPSA) is 490 Å². The summed E-state index contributed by atoms with van der Waals surface area (Å²) in [6, 6.07) is 0.351. The molecule has 37 heteroatoms. The van der Waals surface area contributed by atoms with Gasteiger partial charge in [-0.05, 0) is 80.5 Å². The summed E-state index contributed by atoms with van der Waals surface area (Å²) >= 11 is 0. The smallest absolute Gasteiger partial charge is 0.458 e. The van der Waals surface area contributed by atoms with Gasteiger partial charge in [-0.3, -0.25) is 62.4 Å². The number of nitrogens with one attached hydrogen (secondary N) is 8. The molecule has 0 radical (unpaired) electrons. The zero-order chi connectivity index (χ0) is 85.7. The highest BCUT2D eigenvalue weighted by atomic mass is 16.7. The van der Waals surface area contributed by atoms with Crippen molar-refractivity contribution >= 4 is 107 Å². The molecule has 4 rings (SSSR count). The number of methoxy groups -OCH3 is 1. The largest absolute Gasteiger partial charge is 0.508 e. The molecule has 2 heterocycles. The molecule has 2 aliphatic rings. The van der Waals surface area contributed by atoms with E-state index in [-0.39, 0.29) is 64.1 Å². The molecule has 0 aliphatic carbocycles. The van der Waals surface area contributed by atoms with Crippen LogP contribution in [0.4, 0.5) is 15.3 Å². The molecule has 0 saturated carbocycles. The number of hydrogen-bond donors (Lipinski definition) is 9. The van der Waals surface area contributed by atoms with Gasteiger partial charge in [0.05, 0.1) is 25.9 Å². The molecule has 1 fully saturated rings. The van der Waals surface area contributed by atoms with Gasteiger partial charge in [0.15, 0.2) is 24.2 Å². The molecule has 0 unspecified atom stereocenters. The Bertz CT molecular complexity index is 3800. The van der Waals surface area contributed by atoms with Crippen molar-refractivity contribution in [3.05, 3.63) is 90.2 Å². The maximum absolute atomic E-state index is 15.7. The molecule has 2 aliphatic heterocycles. The summed E-state index contributed by atoms with van der Waals surface area (Å²) in [5.74, 6) is -16.7. The van der Waals surface area contributed by atoms with Gasteiger partial charge in [-0.25, -0.2) is 24.0 Å². The maximum atomic E-state index is 15.7. The predicted molar refractivity (Wildman–Crippen MR) is 408 cm³/mol. The molecule has 37 nitrogen and oxygen atoms in total. The summed E-state index contributed by atoms with van der Waals surface area (Å²) in [5, 5.41) is 20.5. The van der Waals surface area contributed by atoms with Gasteiger partial charge in [0.25, 0.3) is 23.6 Å². The van der Waals surface area contributed by atoms with Crippen LogP contribution in [0, 0.1) is 23.7 Å². The Hall–Kier alpha value is -11.4. The van der Waals surface area contributed by atoms with E-state index in [2.05, 4.69) is 49.1 Å². The molecule has 114 heavy (non-hydrogen) atoms. The fraction of sp³-hybridized carbons (Fsp3) is 0.571. The number of anilines is 1. The van der Waals surface area contributed by atoms with Crippen LogP contribution in [-0.2, 0) is 118 Å². The number of cyclic esters (lactones) is 2. The van der Waals surface area contributed by atoms with Crippen LogP contribution < -0.4 is 48.3 Å². The summed E-state index contributed by atoms with van der Waals surface area (Å²) in [7, 11) is 4.71. The third-order valence-electron chi connectivity index (χ3n) is 18.7. The lowest BCUT2D eigenvalue weighted by atomic mass is 9.95. The standard InChI is InChI=1S/C77H111N13O24/c1-19-54(92)84-61(65(43(8)9)114-77(107)110-39-50-27-29-51(30-28-50)82-68(98)52(26-23-34-79-76(78)106)83-69(99)58(40(2)3)85-55(93)33-36-109-37-35-90-56(94)31-32-57(90)95)74(104)112-63(41(4)5)59-72(102)89(17)62(47(13)108-18)75(105)113-64(42(6)7)60(81-48(14)91)73(103)111-53(38-49-24-21-20-22-25-49)71(101)88(16)45(11)66(96)80-44(10)70(100)87(15)46(12)67(97)86-59/h20-22,24-25,27-32,40-44,46-47,52-53,58-65H,11,19,23,26,33-39H2,1-10,12-18H3,(H,80,96)(H,81,91)(H,82,98)(H,83,99)(H,84,92)(H,85,93)(H,86,97)(H3,78,79,106)/t44-,46-,47+,52-,53+,58-,59-,60-,61-,62-,63+,64+,65+/m0/s1. The molecule has 628 valence electrons. The number of rotatable bonds is 33. The lowest BCUT2D eigenvalue weighted by molar-refractivity contribution is -0.177. The number of nitrogens with zero attached hydrogens (tertiary/aromatic N) is 4. The molecular weight excluding hydrogens is 1490 g/mol. The maximum Gasteiger partial charge on any atom is 0.508 e. The second-order valence-corrected chi connectivity index (χ2v) is 28.8. The molecule has 0 spiro atoms. The Kier molecular flexibility index (Phi) is 37.8. The van der Waals surface area contributed by atoms with E-state index in [0.717, 1.165) is 45.7 Å². The van der Waals surface area contributed by atoms with Crippen LogP contribution in [0.15, 0.2) is 79.0 Å². The molecule has 2 aromatic rings. The first-order chi connectivity index (χ1) is 53.5. The summed E-state index contributed by atoms with van der Waals surface area (Å²) in [6.45, 7) is 22.1.